The molecule has 0 atom stereocenters. The van der Waals surface area contributed by atoms with E-state index in [0.717, 1.165) is 27.9 Å². The molecule has 0 fully saturated rings. The molecule has 6 nitrogen and oxygen atoms in total. The minimum Gasteiger partial charge on any atom is -0.492 e. The average Bonchev–Trinajstić information content (AvgIpc) is 3.20. The van der Waals surface area contributed by atoms with Gasteiger partial charge in [-0.15, -0.1) is 0 Å². The molecule has 0 aliphatic carbocycles. The molecular formula is C27H29N3O3. The van der Waals surface area contributed by atoms with Gasteiger partial charge in [-0.1, -0.05) is 74.5 Å². The Balaban J connectivity index is 1.36. The number of amides is 1. The van der Waals surface area contributed by atoms with Crippen LogP contribution < -0.4 is 10.1 Å². The quantitative estimate of drug-likeness (QED) is 0.346. The fourth-order valence-corrected chi connectivity index (χ4v) is 3.67. The van der Waals surface area contributed by atoms with E-state index in [4.69, 9.17) is 14.6 Å². The zero-order chi connectivity index (χ0) is 23.0. The molecule has 4 rings (SSSR count). The highest BCUT2D eigenvalue weighted by molar-refractivity contribution is 5.84. The van der Waals surface area contributed by atoms with Crippen LogP contribution in [0.1, 0.15) is 36.6 Å². The molecule has 0 bridgehead atoms. The van der Waals surface area contributed by atoms with Crippen molar-refractivity contribution in [2.45, 2.75) is 32.9 Å². The minimum absolute atomic E-state index is 0.244. The van der Waals surface area contributed by atoms with E-state index >= 15 is 0 Å². The van der Waals surface area contributed by atoms with Gasteiger partial charge in [0.2, 0.25) is 0 Å². The largest absolute Gasteiger partial charge is 0.492 e. The fourth-order valence-electron chi connectivity index (χ4n) is 3.67. The third-order valence-corrected chi connectivity index (χ3v) is 5.33. The molecule has 1 aromatic heterocycles. The third kappa shape index (κ3) is 5.92. The molecule has 0 radical (unpaired) electrons. The minimum atomic E-state index is -0.458. The zero-order valence-electron chi connectivity index (χ0n) is 19.0. The molecular weight excluding hydrogens is 414 g/mol. The molecule has 0 spiro atoms. The first-order valence-corrected chi connectivity index (χ1v) is 11.2. The zero-order valence-corrected chi connectivity index (χ0v) is 19.0. The van der Waals surface area contributed by atoms with Gasteiger partial charge >= 0.3 is 6.09 Å². The van der Waals surface area contributed by atoms with E-state index in [9.17, 15) is 4.79 Å². The number of nitrogens with one attached hydrogen (secondary N) is 1. The molecule has 0 aliphatic rings. The molecule has 0 unspecified atom stereocenters. The molecule has 6 heteroatoms. The number of rotatable bonds is 9. The van der Waals surface area contributed by atoms with Crippen molar-refractivity contribution in [1.82, 2.24) is 15.1 Å². The van der Waals surface area contributed by atoms with Crippen molar-refractivity contribution < 1.29 is 14.3 Å². The number of alkyl carbamates (subject to hydrolysis) is 1. The average molecular weight is 444 g/mol. The van der Waals surface area contributed by atoms with Gasteiger partial charge in [0.25, 0.3) is 0 Å². The first-order chi connectivity index (χ1) is 16.1. The van der Waals surface area contributed by atoms with Crippen LogP contribution in [0.3, 0.4) is 0 Å². The lowest BCUT2D eigenvalue weighted by Gasteiger charge is -2.10. The van der Waals surface area contributed by atoms with Crippen molar-refractivity contribution in [3.63, 3.8) is 0 Å². The van der Waals surface area contributed by atoms with Crippen LogP contribution in [0.15, 0.2) is 78.9 Å². The molecule has 1 heterocycles. The Morgan fingerprint density at radius 1 is 0.970 bits per heavy atom. The Morgan fingerprint density at radius 2 is 1.67 bits per heavy atom. The Hall–Kier alpha value is -3.80. The van der Waals surface area contributed by atoms with Crippen LogP contribution in [0.2, 0.25) is 0 Å². The smallest absolute Gasteiger partial charge is 0.407 e. The van der Waals surface area contributed by atoms with E-state index in [1.54, 1.807) is 0 Å². The fraction of sp³-hybridized carbons (Fsp3) is 0.259. The molecule has 170 valence electrons. The second-order valence-electron chi connectivity index (χ2n) is 8.20. The van der Waals surface area contributed by atoms with Gasteiger partial charge in [-0.05, 0) is 29.2 Å². The first-order valence-electron chi connectivity index (χ1n) is 11.2. The topological polar surface area (TPSA) is 65.4 Å². The van der Waals surface area contributed by atoms with E-state index in [0.29, 0.717) is 25.6 Å². The summed E-state index contributed by atoms with van der Waals surface area (Å²) in [5.74, 6) is 1.06. The maximum atomic E-state index is 11.9. The van der Waals surface area contributed by atoms with Gasteiger partial charge in [0.15, 0.2) is 0 Å². The number of ether oxygens (including phenoxy) is 2. The summed E-state index contributed by atoms with van der Waals surface area (Å²) in [6.07, 6.45) is -0.458. The predicted octanol–water partition coefficient (Wildman–Crippen LogP) is 5.51. The van der Waals surface area contributed by atoms with E-state index in [2.05, 4.69) is 37.4 Å². The molecule has 4 aromatic rings. The summed E-state index contributed by atoms with van der Waals surface area (Å²) in [6, 6.07) is 25.9. The second-order valence-corrected chi connectivity index (χ2v) is 8.20. The Labute approximate surface area is 194 Å². The molecule has 0 saturated heterocycles. The molecule has 33 heavy (non-hydrogen) atoms. The number of benzene rings is 3. The molecule has 1 N–H and O–H groups in total. The van der Waals surface area contributed by atoms with E-state index < -0.39 is 6.09 Å². The third-order valence-electron chi connectivity index (χ3n) is 5.33. The Bertz CT molecular complexity index is 1190. The van der Waals surface area contributed by atoms with Gasteiger partial charge in [-0.2, -0.15) is 5.10 Å². The monoisotopic (exact) mass is 443 g/mol. The molecule has 0 aliphatic heterocycles. The number of fused-ring (bicyclic) bond motifs is 1. The number of carbonyl (C=O) groups is 1. The Morgan fingerprint density at radius 3 is 2.36 bits per heavy atom. The van der Waals surface area contributed by atoms with Gasteiger partial charge in [-0.25, -0.2) is 4.79 Å². The lowest BCUT2D eigenvalue weighted by molar-refractivity contribution is 0.137. The van der Waals surface area contributed by atoms with Crippen LogP contribution in [-0.2, 0) is 17.9 Å². The van der Waals surface area contributed by atoms with E-state index in [1.807, 2.05) is 65.3 Å². The lowest BCUT2D eigenvalue weighted by atomic mass is 10.1. The normalized spacial score (nSPS) is 11.0. The van der Waals surface area contributed by atoms with Crippen molar-refractivity contribution in [3.8, 4) is 5.75 Å². The first kappa shape index (κ1) is 22.4. The predicted molar refractivity (Wildman–Crippen MR) is 129 cm³/mol. The van der Waals surface area contributed by atoms with Gasteiger partial charge in [0, 0.05) is 11.5 Å². The van der Waals surface area contributed by atoms with Crippen molar-refractivity contribution in [3.05, 3.63) is 95.7 Å². The Kier molecular flexibility index (Phi) is 7.25. The van der Waals surface area contributed by atoms with Crippen molar-refractivity contribution in [2.75, 3.05) is 13.2 Å². The molecule has 3 aromatic carbocycles. The number of aromatic nitrogens is 2. The number of carbonyl (C=O) groups excluding carboxylic acids is 1. The van der Waals surface area contributed by atoms with E-state index in [-0.39, 0.29) is 6.61 Å². The standard InChI is InChI=1S/C27H29N3O3/c1-20(2)26-24-14-13-23(17-25(24)30(29-26)18-21-9-5-3-6-10-21)32-16-15-28-27(31)33-19-22-11-7-4-8-12-22/h3-14,17,20H,15-16,18-19H2,1-2H3,(H,28,31). The number of hydrogen-bond acceptors (Lipinski definition) is 4. The van der Waals surface area contributed by atoms with Crippen molar-refractivity contribution in [2.24, 2.45) is 0 Å². The highest BCUT2D eigenvalue weighted by Gasteiger charge is 2.14. The summed E-state index contributed by atoms with van der Waals surface area (Å²) in [7, 11) is 0. The van der Waals surface area contributed by atoms with Crippen LogP contribution in [0.25, 0.3) is 10.9 Å². The summed E-state index contributed by atoms with van der Waals surface area (Å²) in [6.45, 7) is 5.95. The van der Waals surface area contributed by atoms with Crippen LogP contribution in [0.5, 0.6) is 5.75 Å². The van der Waals surface area contributed by atoms with Gasteiger partial charge < -0.3 is 14.8 Å². The maximum absolute atomic E-state index is 11.9. The van der Waals surface area contributed by atoms with Gasteiger partial charge in [0.05, 0.1) is 24.3 Å². The van der Waals surface area contributed by atoms with Gasteiger partial charge in [0.1, 0.15) is 19.0 Å². The molecule has 1 amide bonds. The van der Waals surface area contributed by atoms with Crippen LogP contribution >= 0.6 is 0 Å². The SMILES string of the molecule is CC(C)c1nn(Cc2ccccc2)c2cc(OCCNC(=O)OCc3ccccc3)ccc12. The lowest BCUT2D eigenvalue weighted by Crippen LogP contribution is -2.28. The summed E-state index contributed by atoms with van der Waals surface area (Å²) >= 11 is 0. The van der Waals surface area contributed by atoms with Crippen molar-refractivity contribution in [1.29, 1.82) is 0 Å². The summed E-state index contributed by atoms with van der Waals surface area (Å²) in [5.41, 5.74) is 4.26. The number of hydrogen-bond donors (Lipinski definition) is 1. The number of nitrogens with zero attached hydrogens (tertiary/aromatic N) is 2. The highest BCUT2D eigenvalue weighted by Crippen LogP contribution is 2.28. The van der Waals surface area contributed by atoms with Crippen LogP contribution in [-0.4, -0.2) is 29.0 Å². The van der Waals surface area contributed by atoms with Crippen LogP contribution in [0, 0.1) is 0 Å². The van der Waals surface area contributed by atoms with Crippen molar-refractivity contribution >= 4 is 17.0 Å². The second kappa shape index (κ2) is 10.7. The highest BCUT2D eigenvalue weighted by atomic mass is 16.5. The summed E-state index contributed by atoms with van der Waals surface area (Å²) in [5, 5.41) is 8.73. The van der Waals surface area contributed by atoms with Crippen LogP contribution in [0.4, 0.5) is 4.79 Å². The van der Waals surface area contributed by atoms with Gasteiger partial charge in [-0.3, -0.25) is 4.68 Å². The summed E-state index contributed by atoms with van der Waals surface area (Å²) in [4.78, 5) is 11.9. The van der Waals surface area contributed by atoms with E-state index in [1.165, 1.54) is 5.56 Å². The molecule has 0 saturated carbocycles. The summed E-state index contributed by atoms with van der Waals surface area (Å²) < 4.78 is 13.1. The maximum Gasteiger partial charge on any atom is 0.407 e.